The predicted molar refractivity (Wildman–Crippen MR) is 110 cm³/mol. The molecule has 1 fully saturated rings. The molecule has 1 aliphatic rings. The summed E-state index contributed by atoms with van der Waals surface area (Å²) in [7, 11) is 1.84. The van der Waals surface area contributed by atoms with Gasteiger partial charge in [0.05, 0.1) is 23.3 Å². The molecule has 3 aromatic rings. The van der Waals surface area contributed by atoms with Crippen LogP contribution in [0, 0.1) is 6.92 Å². The van der Waals surface area contributed by atoms with Crippen LogP contribution in [-0.2, 0) is 18.3 Å². The number of hydrogen-bond acceptors (Lipinski definition) is 4. The number of piperidine rings is 1. The molecule has 148 valence electrons. The molecule has 4 rings (SSSR count). The van der Waals surface area contributed by atoms with E-state index in [9.17, 15) is 4.79 Å². The molecule has 0 radical (unpaired) electrons. The fourth-order valence-electron chi connectivity index (χ4n) is 4.20. The maximum absolute atomic E-state index is 12.4. The van der Waals surface area contributed by atoms with Gasteiger partial charge in [0.15, 0.2) is 0 Å². The summed E-state index contributed by atoms with van der Waals surface area (Å²) in [6, 6.07) is 10.7. The topological polar surface area (TPSA) is 68.0 Å². The number of aromatic nitrogens is 4. The minimum Gasteiger partial charge on any atom is -0.325 e. The lowest BCUT2D eigenvalue weighted by Gasteiger charge is -2.33. The van der Waals surface area contributed by atoms with Gasteiger partial charge in [0.25, 0.3) is 0 Å². The van der Waals surface area contributed by atoms with Gasteiger partial charge in [0, 0.05) is 38.7 Å². The van der Waals surface area contributed by atoms with Crippen LogP contribution in [0.4, 0.5) is 5.82 Å². The number of nitrogens with one attached hydrogen (secondary N) is 1. The van der Waals surface area contributed by atoms with Crippen LogP contribution in [0.2, 0.25) is 0 Å². The number of anilines is 1. The number of imidazole rings is 1. The van der Waals surface area contributed by atoms with E-state index in [1.165, 1.54) is 5.52 Å². The normalized spacial score (nSPS) is 16.0. The molecule has 0 unspecified atom stereocenters. The number of carbonyl (C=O) groups excluding carboxylic acids is 1. The molecule has 1 amide bonds. The van der Waals surface area contributed by atoms with Crippen LogP contribution in [0.5, 0.6) is 0 Å². The number of benzene rings is 1. The van der Waals surface area contributed by atoms with Crippen molar-refractivity contribution in [3.05, 3.63) is 41.9 Å². The first-order valence-corrected chi connectivity index (χ1v) is 10.0. The SMILES string of the molecule is CCc1nc2ccccc2n1C1CCN(CC(=O)Nc2cc(C)nn2C)CC1. The molecule has 0 spiro atoms. The second-order valence-corrected chi connectivity index (χ2v) is 7.59. The molecule has 28 heavy (non-hydrogen) atoms. The first-order valence-electron chi connectivity index (χ1n) is 10.0. The van der Waals surface area contributed by atoms with Crippen LogP contribution < -0.4 is 5.32 Å². The van der Waals surface area contributed by atoms with E-state index < -0.39 is 0 Å². The van der Waals surface area contributed by atoms with Crippen molar-refractivity contribution < 1.29 is 4.79 Å². The van der Waals surface area contributed by atoms with E-state index in [0.717, 1.165) is 55.2 Å². The predicted octanol–water partition coefficient (Wildman–Crippen LogP) is 2.92. The third-order valence-electron chi connectivity index (χ3n) is 5.54. The van der Waals surface area contributed by atoms with Gasteiger partial charge in [-0.15, -0.1) is 0 Å². The summed E-state index contributed by atoms with van der Waals surface area (Å²) in [5, 5.41) is 7.23. The Bertz CT molecular complexity index is 980. The Morgan fingerprint density at radius 3 is 2.68 bits per heavy atom. The van der Waals surface area contributed by atoms with Gasteiger partial charge >= 0.3 is 0 Å². The number of amides is 1. The van der Waals surface area contributed by atoms with E-state index in [1.54, 1.807) is 4.68 Å². The Kier molecular flexibility index (Phi) is 5.17. The Hall–Kier alpha value is -2.67. The zero-order valence-corrected chi connectivity index (χ0v) is 16.9. The smallest absolute Gasteiger partial charge is 0.239 e. The Morgan fingerprint density at radius 1 is 1.25 bits per heavy atom. The van der Waals surface area contributed by atoms with Crippen molar-refractivity contribution >= 4 is 22.8 Å². The third kappa shape index (κ3) is 3.67. The van der Waals surface area contributed by atoms with Crippen LogP contribution in [0.3, 0.4) is 0 Å². The number of rotatable bonds is 5. The average Bonchev–Trinajstić information content (AvgIpc) is 3.21. The van der Waals surface area contributed by atoms with Crippen molar-refractivity contribution in [2.24, 2.45) is 7.05 Å². The van der Waals surface area contributed by atoms with Gasteiger partial charge in [-0.2, -0.15) is 5.10 Å². The van der Waals surface area contributed by atoms with Gasteiger partial charge < -0.3 is 9.88 Å². The van der Waals surface area contributed by atoms with Crippen LogP contribution in [0.1, 0.15) is 37.3 Å². The second kappa shape index (κ2) is 7.75. The van der Waals surface area contributed by atoms with Crippen molar-refractivity contribution in [3.63, 3.8) is 0 Å². The highest BCUT2D eigenvalue weighted by atomic mass is 16.2. The maximum atomic E-state index is 12.4. The average molecular weight is 380 g/mol. The number of aryl methyl sites for hydroxylation is 3. The van der Waals surface area contributed by atoms with E-state index in [4.69, 9.17) is 4.98 Å². The Morgan fingerprint density at radius 2 is 2.00 bits per heavy atom. The monoisotopic (exact) mass is 380 g/mol. The summed E-state index contributed by atoms with van der Waals surface area (Å²) in [5.74, 6) is 1.92. The van der Waals surface area contributed by atoms with Crippen molar-refractivity contribution in [2.75, 3.05) is 25.0 Å². The Balaban J connectivity index is 1.39. The largest absolute Gasteiger partial charge is 0.325 e. The third-order valence-corrected chi connectivity index (χ3v) is 5.54. The van der Waals surface area contributed by atoms with Gasteiger partial charge in [-0.1, -0.05) is 19.1 Å². The lowest BCUT2D eigenvalue weighted by molar-refractivity contribution is -0.117. The quantitative estimate of drug-likeness (QED) is 0.739. The molecule has 7 heteroatoms. The second-order valence-electron chi connectivity index (χ2n) is 7.59. The first kappa shape index (κ1) is 18.7. The molecule has 7 nitrogen and oxygen atoms in total. The fraction of sp³-hybridized carbons (Fsp3) is 0.476. The maximum Gasteiger partial charge on any atom is 0.239 e. The van der Waals surface area contributed by atoms with Crippen molar-refractivity contribution in [1.82, 2.24) is 24.2 Å². The van der Waals surface area contributed by atoms with Crippen molar-refractivity contribution in [2.45, 2.75) is 39.2 Å². The van der Waals surface area contributed by atoms with Crippen LogP contribution >= 0.6 is 0 Å². The fourth-order valence-corrected chi connectivity index (χ4v) is 4.20. The standard InChI is InChI=1S/C21H28N6O/c1-4-19-22-17-7-5-6-8-18(17)27(19)16-9-11-26(12-10-16)14-21(28)23-20-13-15(2)24-25(20)3/h5-8,13,16H,4,9-12,14H2,1-3H3,(H,23,28). The Labute approximate surface area is 165 Å². The first-order chi connectivity index (χ1) is 13.5. The number of nitrogens with zero attached hydrogens (tertiary/aromatic N) is 5. The number of para-hydroxylation sites is 2. The number of likely N-dealkylation sites (tertiary alicyclic amines) is 1. The highest BCUT2D eigenvalue weighted by Gasteiger charge is 2.25. The molecule has 1 aliphatic heterocycles. The van der Waals surface area contributed by atoms with E-state index in [0.29, 0.717) is 12.6 Å². The molecular formula is C21H28N6O. The summed E-state index contributed by atoms with van der Waals surface area (Å²) >= 11 is 0. The summed E-state index contributed by atoms with van der Waals surface area (Å²) in [5.41, 5.74) is 3.20. The minimum absolute atomic E-state index is 0.0174. The van der Waals surface area contributed by atoms with E-state index in [-0.39, 0.29) is 5.91 Å². The molecule has 0 aliphatic carbocycles. The summed E-state index contributed by atoms with van der Waals surface area (Å²) in [6.45, 7) is 6.33. The molecule has 0 atom stereocenters. The molecule has 3 heterocycles. The van der Waals surface area contributed by atoms with Crippen LogP contribution in [-0.4, -0.2) is 49.8 Å². The molecule has 1 saturated heterocycles. The van der Waals surface area contributed by atoms with Crippen LogP contribution in [0.25, 0.3) is 11.0 Å². The van der Waals surface area contributed by atoms with Gasteiger partial charge in [-0.25, -0.2) is 4.98 Å². The molecule has 2 aromatic heterocycles. The number of fused-ring (bicyclic) bond motifs is 1. The van der Waals surface area contributed by atoms with Crippen molar-refractivity contribution in [3.8, 4) is 0 Å². The van der Waals surface area contributed by atoms with E-state index in [2.05, 4.69) is 45.0 Å². The summed E-state index contributed by atoms with van der Waals surface area (Å²) < 4.78 is 4.13. The molecule has 1 N–H and O–H groups in total. The van der Waals surface area contributed by atoms with Crippen molar-refractivity contribution in [1.29, 1.82) is 0 Å². The molecular weight excluding hydrogens is 352 g/mol. The molecule has 0 bridgehead atoms. The van der Waals surface area contributed by atoms with Crippen LogP contribution in [0.15, 0.2) is 30.3 Å². The summed E-state index contributed by atoms with van der Waals surface area (Å²) in [6.07, 6.45) is 3.00. The van der Waals surface area contributed by atoms with Gasteiger partial charge in [-0.05, 0) is 31.9 Å². The van der Waals surface area contributed by atoms with Gasteiger partial charge in [0.2, 0.25) is 5.91 Å². The zero-order valence-electron chi connectivity index (χ0n) is 16.9. The summed E-state index contributed by atoms with van der Waals surface area (Å²) in [4.78, 5) is 19.5. The van der Waals surface area contributed by atoms with E-state index in [1.807, 2.05) is 26.1 Å². The zero-order chi connectivity index (χ0) is 19.7. The van der Waals surface area contributed by atoms with Gasteiger partial charge in [-0.3, -0.25) is 14.4 Å². The lowest BCUT2D eigenvalue weighted by atomic mass is 10.0. The lowest BCUT2D eigenvalue weighted by Crippen LogP contribution is -2.40. The van der Waals surface area contributed by atoms with E-state index >= 15 is 0 Å². The molecule has 1 aromatic carbocycles. The molecule has 0 saturated carbocycles. The number of hydrogen-bond donors (Lipinski definition) is 1. The highest BCUT2D eigenvalue weighted by molar-refractivity contribution is 5.91. The van der Waals surface area contributed by atoms with Gasteiger partial charge in [0.1, 0.15) is 11.6 Å². The highest BCUT2D eigenvalue weighted by Crippen LogP contribution is 2.29. The minimum atomic E-state index is 0.0174. The number of carbonyl (C=O) groups is 1.